The van der Waals surface area contributed by atoms with Gasteiger partial charge in [-0.05, 0) is 17.7 Å². The summed E-state index contributed by atoms with van der Waals surface area (Å²) in [6.45, 7) is 8.26. The smallest absolute Gasteiger partial charge is 0.324 e. The van der Waals surface area contributed by atoms with Gasteiger partial charge in [-0.3, -0.25) is 4.98 Å². The molecule has 0 bridgehead atoms. The topological polar surface area (TPSA) is 77.7 Å². The second kappa shape index (κ2) is 8.56. The van der Waals surface area contributed by atoms with Crippen LogP contribution in [0.2, 0.25) is 19.6 Å². The fourth-order valence-electron chi connectivity index (χ4n) is 3.78. The van der Waals surface area contributed by atoms with Gasteiger partial charge in [-0.25, -0.2) is 18.4 Å². The molecule has 11 heteroatoms. The zero-order valence-corrected chi connectivity index (χ0v) is 21.8. The molecule has 1 aromatic carbocycles. The van der Waals surface area contributed by atoms with Crippen molar-refractivity contribution < 1.29 is 21.6 Å². The van der Waals surface area contributed by atoms with Gasteiger partial charge in [0.2, 0.25) is 0 Å². The average Bonchev–Trinajstić information content (AvgIpc) is 3.13. The van der Waals surface area contributed by atoms with E-state index in [9.17, 15) is 21.6 Å². The number of aromatic nitrogens is 4. The van der Waals surface area contributed by atoms with Crippen molar-refractivity contribution in [3.8, 4) is 22.6 Å². The van der Waals surface area contributed by atoms with Crippen molar-refractivity contribution in [2.24, 2.45) is 7.05 Å². The molecule has 0 N–H and O–H groups in total. The van der Waals surface area contributed by atoms with Crippen LogP contribution in [0, 0.1) is 0 Å². The number of nitrogens with zero attached hydrogens (tertiary/aromatic N) is 4. The monoisotopic (exact) mass is 518 g/mol. The SMILES string of the molecule is CCS(=O)(=O)c1cc(-c2ccc([Si](C)(C)C)cc2)cnc1-c1nc2cc(C(F)(F)F)ncc2n1C. The highest BCUT2D eigenvalue weighted by atomic mass is 32.2. The first-order valence-electron chi connectivity index (χ1n) is 11.0. The molecule has 0 spiro atoms. The van der Waals surface area contributed by atoms with Crippen LogP contribution < -0.4 is 5.19 Å². The summed E-state index contributed by atoms with van der Waals surface area (Å²) in [6, 6.07) is 10.4. The Hall–Kier alpha value is -3.05. The minimum absolute atomic E-state index is 0.0193. The predicted molar refractivity (Wildman–Crippen MR) is 133 cm³/mol. The molecule has 4 rings (SSSR count). The average molecular weight is 519 g/mol. The van der Waals surface area contributed by atoms with Crippen LogP contribution in [0.1, 0.15) is 12.6 Å². The number of pyridine rings is 2. The standard InChI is InChI=1S/C24H25F3N4O2SSi/c1-6-34(32,33)20-11-16(15-7-9-17(10-8-15)35(3,4)5)13-29-22(20)23-30-18-12-21(24(25,26)27)28-14-19(18)31(23)2/h7-14H,6H2,1-5H3. The second-order valence-electron chi connectivity index (χ2n) is 9.35. The molecular weight excluding hydrogens is 493 g/mol. The maximum atomic E-state index is 13.1. The number of alkyl halides is 3. The summed E-state index contributed by atoms with van der Waals surface area (Å²) in [4.78, 5) is 12.2. The minimum Gasteiger partial charge on any atom is -0.324 e. The Morgan fingerprint density at radius 2 is 1.63 bits per heavy atom. The molecular formula is C24H25F3N4O2SSi. The summed E-state index contributed by atoms with van der Waals surface area (Å²) in [7, 11) is -3.63. The van der Waals surface area contributed by atoms with E-state index in [2.05, 4.69) is 46.7 Å². The van der Waals surface area contributed by atoms with E-state index >= 15 is 0 Å². The zero-order chi connectivity index (χ0) is 25.8. The molecule has 0 aliphatic carbocycles. The van der Waals surface area contributed by atoms with Gasteiger partial charge in [0, 0.05) is 18.8 Å². The van der Waals surface area contributed by atoms with Gasteiger partial charge in [-0.2, -0.15) is 13.2 Å². The Balaban J connectivity index is 1.88. The summed E-state index contributed by atoms with van der Waals surface area (Å²) >= 11 is 0. The second-order valence-corrected chi connectivity index (χ2v) is 16.7. The molecule has 184 valence electrons. The molecule has 3 aromatic heterocycles. The lowest BCUT2D eigenvalue weighted by Gasteiger charge is -2.17. The molecule has 0 fully saturated rings. The Kier molecular flexibility index (Phi) is 6.13. The lowest BCUT2D eigenvalue weighted by Crippen LogP contribution is -2.37. The van der Waals surface area contributed by atoms with Crippen LogP contribution in [0.4, 0.5) is 13.2 Å². The van der Waals surface area contributed by atoms with E-state index in [4.69, 9.17) is 0 Å². The third-order valence-electron chi connectivity index (χ3n) is 5.92. The lowest BCUT2D eigenvalue weighted by atomic mass is 10.1. The third-order valence-corrected chi connectivity index (χ3v) is 9.73. The summed E-state index contributed by atoms with van der Waals surface area (Å²) in [5.74, 6) is -0.0163. The minimum atomic E-state index is -4.62. The first kappa shape index (κ1) is 25.1. The largest absolute Gasteiger partial charge is 0.433 e. The van der Waals surface area contributed by atoms with Crippen LogP contribution in [0.15, 0.2) is 53.7 Å². The van der Waals surface area contributed by atoms with Gasteiger partial charge >= 0.3 is 6.18 Å². The first-order valence-corrected chi connectivity index (χ1v) is 16.1. The van der Waals surface area contributed by atoms with E-state index in [-0.39, 0.29) is 27.7 Å². The number of imidazole rings is 1. The van der Waals surface area contributed by atoms with Gasteiger partial charge in [0.05, 0.1) is 36.0 Å². The highest BCUT2D eigenvalue weighted by Gasteiger charge is 2.33. The van der Waals surface area contributed by atoms with Gasteiger partial charge in [0.1, 0.15) is 11.4 Å². The highest BCUT2D eigenvalue weighted by molar-refractivity contribution is 7.91. The molecule has 0 saturated carbocycles. The number of aryl methyl sites for hydroxylation is 1. The maximum absolute atomic E-state index is 13.1. The van der Waals surface area contributed by atoms with E-state index in [1.165, 1.54) is 16.7 Å². The van der Waals surface area contributed by atoms with E-state index in [0.29, 0.717) is 11.1 Å². The molecule has 0 atom stereocenters. The van der Waals surface area contributed by atoms with Gasteiger partial charge in [-0.1, -0.05) is 56.0 Å². The maximum Gasteiger partial charge on any atom is 0.433 e. The molecule has 4 aromatic rings. The van der Waals surface area contributed by atoms with E-state index < -0.39 is 29.8 Å². The number of halogens is 3. The fraction of sp³-hybridized carbons (Fsp3) is 0.292. The number of benzene rings is 1. The Bertz CT molecular complexity index is 1520. The Morgan fingerprint density at radius 3 is 2.20 bits per heavy atom. The van der Waals surface area contributed by atoms with Crippen molar-refractivity contribution in [1.82, 2.24) is 19.5 Å². The lowest BCUT2D eigenvalue weighted by molar-refractivity contribution is -0.141. The Morgan fingerprint density at radius 1 is 0.971 bits per heavy atom. The summed E-state index contributed by atoms with van der Waals surface area (Å²) in [5.41, 5.74) is 0.853. The van der Waals surface area contributed by atoms with Gasteiger partial charge in [0.25, 0.3) is 0 Å². The van der Waals surface area contributed by atoms with E-state index in [1.807, 2.05) is 12.1 Å². The number of rotatable bonds is 5. The number of sulfone groups is 1. The summed E-state index contributed by atoms with van der Waals surface area (Å²) in [6.07, 6.45) is -1.98. The van der Waals surface area contributed by atoms with Crippen molar-refractivity contribution in [3.05, 3.63) is 54.5 Å². The van der Waals surface area contributed by atoms with Gasteiger partial charge < -0.3 is 4.57 Å². The molecule has 6 nitrogen and oxygen atoms in total. The molecule has 0 radical (unpaired) electrons. The van der Waals surface area contributed by atoms with Crippen molar-refractivity contribution in [3.63, 3.8) is 0 Å². The highest BCUT2D eigenvalue weighted by Crippen LogP contribution is 2.33. The van der Waals surface area contributed by atoms with Gasteiger partial charge in [0.15, 0.2) is 15.7 Å². The number of fused-ring (bicyclic) bond motifs is 1. The zero-order valence-electron chi connectivity index (χ0n) is 20.0. The molecule has 0 saturated heterocycles. The number of hydrogen-bond acceptors (Lipinski definition) is 5. The fourth-order valence-corrected chi connectivity index (χ4v) is 6.00. The number of hydrogen-bond donors (Lipinski definition) is 0. The van der Waals surface area contributed by atoms with Crippen LogP contribution in [0.25, 0.3) is 33.7 Å². The quantitative estimate of drug-likeness (QED) is 0.346. The van der Waals surface area contributed by atoms with Gasteiger partial charge in [-0.15, -0.1) is 0 Å². The van der Waals surface area contributed by atoms with Crippen LogP contribution in [0.5, 0.6) is 0 Å². The van der Waals surface area contributed by atoms with Crippen molar-refractivity contribution in [2.45, 2.75) is 37.6 Å². The molecule has 0 unspecified atom stereocenters. The van der Waals surface area contributed by atoms with Crippen LogP contribution in [-0.4, -0.2) is 41.8 Å². The predicted octanol–water partition coefficient (Wildman–Crippen LogP) is 5.05. The summed E-state index contributed by atoms with van der Waals surface area (Å²) in [5, 5.41) is 1.28. The van der Waals surface area contributed by atoms with E-state index in [1.54, 1.807) is 19.3 Å². The van der Waals surface area contributed by atoms with Crippen molar-refractivity contribution in [2.75, 3.05) is 5.75 Å². The normalized spacial score (nSPS) is 12.9. The molecule has 3 heterocycles. The van der Waals surface area contributed by atoms with Crippen LogP contribution in [0.3, 0.4) is 0 Å². The van der Waals surface area contributed by atoms with Crippen molar-refractivity contribution in [1.29, 1.82) is 0 Å². The van der Waals surface area contributed by atoms with E-state index in [0.717, 1.165) is 17.8 Å². The molecule has 0 amide bonds. The van der Waals surface area contributed by atoms with Crippen LogP contribution in [-0.2, 0) is 23.1 Å². The van der Waals surface area contributed by atoms with Crippen molar-refractivity contribution >= 4 is 34.1 Å². The summed E-state index contributed by atoms with van der Waals surface area (Å²) < 4.78 is 67.0. The Labute approximate surface area is 202 Å². The molecule has 0 aliphatic heterocycles. The molecule has 0 aliphatic rings. The first-order chi connectivity index (χ1) is 16.2. The molecule has 35 heavy (non-hydrogen) atoms. The van der Waals surface area contributed by atoms with Crippen LogP contribution >= 0.6 is 0 Å². The third kappa shape index (κ3) is 4.74.